The van der Waals surface area contributed by atoms with Gasteiger partial charge in [0.05, 0.1) is 5.75 Å². The highest BCUT2D eigenvalue weighted by Gasteiger charge is 2.28. The summed E-state index contributed by atoms with van der Waals surface area (Å²) in [4.78, 5) is 26.0. The van der Waals surface area contributed by atoms with E-state index in [1.807, 2.05) is 4.90 Å². The molecule has 1 amide bonds. The number of piperidine rings is 1. The molecule has 21 heavy (non-hydrogen) atoms. The number of hydrogen-bond donors (Lipinski definition) is 1. The van der Waals surface area contributed by atoms with Gasteiger partial charge < -0.3 is 10.7 Å². The largest absolute Gasteiger partial charge is 0.337 e. The van der Waals surface area contributed by atoms with Crippen LogP contribution in [0.15, 0.2) is 9.95 Å². The third-order valence-corrected chi connectivity index (χ3v) is 4.75. The summed E-state index contributed by atoms with van der Waals surface area (Å²) in [5.74, 6) is 5.92. The van der Waals surface area contributed by atoms with E-state index in [0.29, 0.717) is 0 Å². The quantitative estimate of drug-likeness (QED) is 0.647. The van der Waals surface area contributed by atoms with Gasteiger partial charge in [-0.1, -0.05) is 11.8 Å². The van der Waals surface area contributed by atoms with Crippen LogP contribution in [0.5, 0.6) is 0 Å². The summed E-state index contributed by atoms with van der Waals surface area (Å²) in [5.41, 5.74) is -0.147. The third kappa shape index (κ3) is 3.37. The lowest BCUT2D eigenvalue weighted by Crippen LogP contribution is -2.48. The zero-order chi connectivity index (χ0) is 15.6. The second kappa shape index (κ2) is 6.46. The fraction of sp³-hybridized carbons (Fsp3) is 0.692. The van der Waals surface area contributed by atoms with Gasteiger partial charge in [0.25, 0.3) is 5.56 Å². The molecule has 1 aliphatic rings. The first-order valence-electron chi connectivity index (χ1n) is 7.07. The summed E-state index contributed by atoms with van der Waals surface area (Å²) in [5, 5.41) is 7.89. The molecule has 0 radical (unpaired) electrons. The number of nitrogens with zero attached hydrogens (tertiary/aromatic N) is 4. The van der Waals surface area contributed by atoms with Gasteiger partial charge in [-0.3, -0.25) is 9.59 Å². The van der Waals surface area contributed by atoms with Gasteiger partial charge in [-0.2, -0.15) is 4.68 Å². The minimum atomic E-state index is -0.389. The first-order chi connectivity index (χ1) is 9.91. The molecular weight excluding hydrogens is 290 g/mol. The minimum absolute atomic E-state index is 0.0505. The molecule has 0 saturated carbocycles. The van der Waals surface area contributed by atoms with Crippen LogP contribution in [-0.4, -0.2) is 43.5 Å². The van der Waals surface area contributed by atoms with Gasteiger partial charge >= 0.3 is 0 Å². The second-order valence-electron chi connectivity index (χ2n) is 5.46. The van der Waals surface area contributed by atoms with Crippen molar-refractivity contribution in [2.24, 2.45) is 0 Å². The van der Waals surface area contributed by atoms with Crippen molar-refractivity contribution in [3.63, 3.8) is 0 Å². The van der Waals surface area contributed by atoms with Crippen molar-refractivity contribution in [3.8, 4) is 0 Å². The van der Waals surface area contributed by atoms with Crippen molar-refractivity contribution in [3.05, 3.63) is 16.0 Å². The average molecular weight is 311 g/mol. The fourth-order valence-corrected chi connectivity index (χ4v) is 3.40. The zero-order valence-electron chi connectivity index (χ0n) is 12.6. The Morgan fingerprint density at radius 1 is 1.33 bits per heavy atom. The van der Waals surface area contributed by atoms with E-state index in [1.165, 1.54) is 0 Å². The number of aromatic nitrogens is 3. The number of carbonyl (C=O) groups excluding carboxylic acids is 1. The summed E-state index contributed by atoms with van der Waals surface area (Å²) in [6, 6.07) is 0.511. The predicted molar refractivity (Wildman–Crippen MR) is 81.5 cm³/mol. The molecule has 1 aromatic rings. The molecule has 1 saturated heterocycles. The number of hydrogen-bond acceptors (Lipinski definition) is 6. The Labute approximate surface area is 127 Å². The summed E-state index contributed by atoms with van der Waals surface area (Å²) in [6.45, 7) is 5.70. The Morgan fingerprint density at radius 3 is 2.57 bits per heavy atom. The van der Waals surface area contributed by atoms with E-state index in [2.05, 4.69) is 24.0 Å². The average Bonchev–Trinajstić information content (AvgIpc) is 2.44. The molecule has 0 bridgehead atoms. The van der Waals surface area contributed by atoms with E-state index < -0.39 is 0 Å². The highest BCUT2D eigenvalue weighted by molar-refractivity contribution is 7.99. The zero-order valence-corrected chi connectivity index (χ0v) is 13.4. The molecule has 0 unspecified atom stereocenters. The summed E-state index contributed by atoms with van der Waals surface area (Å²) < 4.78 is 0.948. The topological polar surface area (TPSA) is 94.1 Å². The highest BCUT2D eigenvalue weighted by atomic mass is 32.2. The molecule has 116 valence electrons. The number of thioether (sulfide) groups is 1. The van der Waals surface area contributed by atoms with Crippen LogP contribution >= 0.6 is 11.8 Å². The van der Waals surface area contributed by atoms with Crippen LogP contribution < -0.4 is 11.4 Å². The molecule has 7 nitrogen and oxygen atoms in total. The fourth-order valence-electron chi connectivity index (χ4n) is 2.68. The maximum Gasteiger partial charge on any atom is 0.294 e. The van der Waals surface area contributed by atoms with Crippen molar-refractivity contribution in [1.29, 1.82) is 0 Å². The van der Waals surface area contributed by atoms with Gasteiger partial charge in [0.1, 0.15) is 5.69 Å². The molecule has 1 fully saturated rings. The van der Waals surface area contributed by atoms with Crippen LogP contribution in [0, 0.1) is 6.92 Å². The minimum Gasteiger partial charge on any atom is -0.337 e. The van der Waals surface area contributed by atoms with E-state index in [-0.39, 0.29) is 40.2 Å². The lowest BCUT2D eigenvalue weighted by atomic mass is 9.98. The van der Waals surface area contributed by atoms with Crippen LogP contribution in [0.3, 0.4) is 0 Å². The Hall–Kier alpha value is -1.57. The van der Waals surface area contributed by atoms with Crippen molar-refractivity contribution in [2.45, 2.75) is 57.3 Å². The van der Waals surface area contributed by atoms with E-state index in [0.717, 1.165) is 35.7 Å². The van der Waals surface area contributed by atoms with Crippen LogP contribution in [0.25, 0.3) is 0 Å². The second-order valence-corrected chi connectivity index (χ2v) is 6.40. The first kappa shape index (κ1) is 15.8. The SMILES string of the molecule is Cc1nnc(SCC(=O)N2[C@@H](C)CCC[C@@H]2C)n(N)c1=O. The van der Waals surface area contributed by atoms with Gasteiger partial charge in [-0.25, -0.2) is 0 Å². The van der Waals surface area contributed by atoms with Crippen molar-refractivity contribution in [1.82, 2.24) is 19.8 Å². The third-order valence-electron chi connectivity index (χ3n) is 3.83. The van der Waals surface area contributed by atoms with Crippen LogP contribution in [0.4, 0.5) is 0 Å². The van der Waals surface area contributed by atoms with Gasteiger partial charge in [-0.15, -0.1) is 10.2 Å². The van der Waals surface area contributed by atoms with Crippen LogP contribution in [0.2, 0.25) is 0 Å². The summed E-state index contributed by atoms with van der Waals surface area (Å²) in [6.07, 6.45) is 3.23. The van der Waals surface area contributed by atoms with E-state index in [9.17, 15) is 9.59 Å². The number of carbonyl (C=O) groups is 1. The van der Waals surface area contributed by atoms with Crippen LogP contribution in [0.1, 0.15) is 38.8 Å². The molecule has 0 aromatic carbocycles. The number of rotatable bonds is 3. The highest BCUT2D eigenvalue weighted by Crippen LogP contribution is 2.24. The number of nitrogens with two attached hydrogens (primary N) is 1. The van der Waals surface area contributed by atoms with Crippen molar-refractivity contribution < 1.29 is 4.79 Å². The predicted octanol–water partition coefficient (Wildman–Crippen LogP) is 0.542. The first-order valence-corrected chi connectivity index (χ1v) is 8.05. The monoisotopic (exact) mass is 311 g/mol. The Bertz CT molecular complexity index is 578. The van der Waals surface area contributed by atoms with E-state index in [4.69, 9.17) is 5.84 Å². The lowest BCUT2D eigenvalue weighted by Gasteiger charge is -2.39. The smallest absolute Gasteiger partial charge is 0.294 e. The number of aryl methyl sites for hydroxylation is 1. The molecule has 0 aliphatic carbocycles. The van der Waals surface area contributed by atoms with Gasteiger partial charge in [0.2, 0.25) is 11.1 Å². The standard InChI is InChI=1S/C13H21N5O2S/c1-8-5-4-6-9(2)17(8)11(19)7-21-13-16-15-10(3)12(20)18(13)14/h8-9H,4-7,14H2,1-3H3/t8-,9-/m0/s1. The summed E-state index contributed by atoms with van der Waals surface area (Å²) in [7, 11) is 0. The van der Waals surface area contributed by atoms with E-state index >= 15 is 0 Å². The van der Waals surface area contributed by atoms with Gasteiger partial charge in [-0.05, 0) is 40.0 Å². The molecule has 1 aliphatic heterocycles. The molecule has 0 spiro atoms. The lowest BCUT2D eigenvalue weighted by molar-refractivity contribution is -0.134. The maximum absolute atomic E-state index is 12.4. The van der Waals surface area contributed by atoms with Crippen LogP contribution in [-0.2, 0) is 4.79 Å². The Kier molecular flexibility index (Phi) is 4.87. The number of likely N-dealkylation sites (tertiary alicyclic amines) is 1. The molecule has 1 aromatic heterocycles. The van der Waals surface area contributed by atoms with Gasteiger partial charge in [0, 0.05) is 12.1 Å². The molecule has 2 heterocycles. The molecule has 2 atom stereocenters. The molecular formula is C13H21N5O2S. The van der Waals surface area contributed by atoms with Crippen molar-refractivity contribution >= 4 is 17.7 Å². The number of nitrogen functional groups attached to an aromatic ring is 1. The Balaban J connectivity index is 2.04. The van der Waals surface area contributed by atoms with Gasteiger partial charge in [0.15, 0.2) is 0 Å². The molecule has 8 heteroatoms. The summed E-state index contributed by atoms with van der Waals surface area (Å²) >= 11 is 1.15. The Morgan fingerprint density at radius 2 is 1.95 bits per heavy atom. The molecule has 2 rings (SSSR count). The normalized spacial score (nSPS) is 22.3. The van der Waals surface area contributed by atoms with Crippen molar-refractivity contribution in [2.75, 3.05) is 11.6 Å². The number of amides is 1. The van der Waals surface area contributed by atoms with E-state index in [1.54, 1.807) is 6.92 Å². The molecule has 2 N–H and O–H groups in total. The maximum atomic E-state index is 12.4.